The molecule has 0 bridgehead atoms. The molecule has 7 heteroatoms. The highest BCUT2D eigenvalue weighted by molar-refractivity contribution is 7.92. The first-order chi connectivity index (χ1) is 17.5. The van der Waals surface area contributed by atoms with Crippen LogP contribution in [0.3, 0.4) is 0 Å². The van der Waals surface area contributed by atoms with Crippen molar-refractivity contribution in [3.63, 3.8) is 0 Å². The van der Waals surface area contributed by atoms with Gasteiger partial charge >= 0.3 is 0 Å². The van der Waals surface area contributed by atoms with Crippen LogP contribution in [0.4, 0.5) is 0 Å². The van der Waals surface area contributed by atoms with E-state index in [0.29, 0.717) is 31.0 Å². The minimum Gasteiger partial charge on any atom is -0.343 e. The SMILES string of the molecule is CCN(CC)C(=O)C1CCCN(C2CCNCC2)C1S(=O)(=O)c1c2ccccc2cc2ccccc12. The average molecular weight is 508 g/mol. The molecule has 192 valence electrons. The van der Waals surface area contributed by atoms with E-state index in [1.165, 1.54) is 0 Å². The molecule has 2 aliphatic heterocycles. The number of carbonyl (C=O) groups excluding carboxylic acids is 1. The number of hydrogen-bond donors (Lipinski definition) is 1. The van der Waals surface area contributed by atoms with Gasteiger partial charge < -0.3 is 10.2 Å². The summed E-state index contributed by atoms with van der Waals surface area (Å²) < 4.78 is 29.9. The zero-order chi connectivity index (χ0) is 25.3. The first-order valence-corrected chi connectivity index (χ1v) is 14.9. The Morgan fingerprint density at radius 1 is 0.944 bits per heavy atom. The summed E-state index contributed by atoms with van der Waals surface area (Å²) in [5, 5.41) is 5.83. The maximum atomic E-state index is 15.0. The number of piperidine rings is 2. The minimum atomic E-state index is -3.90. The van der Waals surface area contributed by atoms with Crippen LogP contribution in [0.5, 0.6) is 0 Å². The van der Waals surface area contributed by atoms with Gasteiger partial charge in [-0.05, 0) is 76.0 Å². The molecule has 0 aromatic heterocycles. The second-order valence-corrected chi connectivity index (χ2v) is 12.0. The van der Waals surface area contributed by atoms with Gasteiger partial charge in [-0.25, -0.2) is 8.42 Å². The van der Waals surface area contributed by atoms with Crippen LogP contribution in [-0.2, 0) is 14.6 Å². The Bertz CT molecular complexity index is 1290. The molecular formula is C29H37N3O3S. The molecule has 2 unspecified atom stereocenters. The van der Waals surface area contributed by atoms with Gasteiger partial charge in [0.2, 0.25) is 5.91 Å². The molecule has 1 amide bonds. The van der Waals surface area contributed by atoms with Gasteiger partial charge in [-0.2, -0.15) is 0 Å². The Kier molecular flexibility index (Phi) is 7.33. The maximum absolute atomic E-state index is 15.0. The van der Waals surface area contributed by atoms with Crippen molar-refractivity contribution in [1.82, 2.24) is 15.1 Å². The van der Waals surface area contributed by atoms with Crippen LogP contribution in [0, 0.1) is 5.92 Å². The Balaban J connectivity index is 1.73. The lowest BCUT2D eigenvalue weighted by molar-refractivity contribution is -0.138. The third-order valence-corrected chi connectivity index (χ3v) is 10.3. The Morgan fingerprint density at radius 3 is 2.11 bits per heavy atom. The summed E-state index contributed by atoms with van der Waals surface area (Å²) in [5.74, 6) is -0.604. The average Bonchev–Trinajstić information content (AvgIpc) is 2.92. The van der Waals surface area contributed by atoms with E-state index in [9.17, 15) is 13.2 Å². The predicted molar refractivity (Wildman–Crippen MR) is 146 cm³/mol. The highest BCUT2D eigenvalue weighted by atomic mass is 32.2. The molecule has 2 atom stereocenters. The zero-order valence-corrected chi connectivity index (χ0v) is 22.1. The first kappa shape index (κ1) is 25.2. The van der Waals surface area contributed by atoms with Crippen LogP contribution < -0.4 is 5.32 Å². The molecule has 0 radical (unpaired) electrons. The number of amides is 1. The van der Waals surface area contributed by atoms with Crippen molar-refractivity contribution >= 4 is 37.3 Å². The van der Waals surface area contributed by atoms with Crippen LogP contribution in [0.25, 0.3) is 21.5 Å². The van der Waals surface area contributed by atoms with Crippen molar-refractivity contribution < 1.29 is 13.2 Å². The Morgan fingerprint density at radius 2 is 1.53 bits per heavy atom. The smallest absolute Gasteiger partial charge is 0.228 e. The molecule has 0 saturated carbocycles. The lowest BCUT2D eigenvalue weighted by Crippen LogP contribution is -2.59. The largest absolute Gasteiger partial charge is 0.343 e. The fraction of sp³-hybridized carbons (Fsp3) is 0.483. The number of likely N-dealkylation sites (tertiary alicyclic amines) is 1. The summed E-state index contributed by atoms with van der Waals surface area (Å²) in [6.07, 6.45) is 3.23. The molecule has 0 spiro atoms. The Labute approximate surface area is 214 Å². The lowest BCUT2D eigenvalue weighted by Gasteiger charge is -2.46. The van der Waals surface area contributed by atoms with E-state index >= 15 is 0 Å². The lowest BCUT2D eigenvalue weighted by atomic mass is 9.92. The molecule has 2 fully saturated rings. The number of carbonyl (C=O) groups is 1. The number of hydrogen-bond acceptors (Lipinski definition) is 5. The van der Waals surface area contributed by atoms with Crippen LogP contribution in [0.2, 0.25) is 0 Å². The molecule has 36 heavy (non-hydrogen) atoms. The van der Waals surface area contributed by atoms with Crippen molar-refractivity contribution in [2.45, 2.75) is 55.8 Å². The highest BCUT2D eigenvalue weighted by Gasteiger charge is 2.48. The van der Waals surface area contributed by atoms with Crippen molar-refractivity contribution in [3.05, 3.63) is 54.6 Å². The highest BCUT2D eigenvalue weighted by Crippen LogP contribution is 2.40. The monoisotopic (exact) mass is 507 g/mol. The topological polar surface area (TPSA) is 69.7 Å². The maximum Gasteiger partial charge on any atom is 0.228 e. The molecule has 3 aromatic carbocycles. The van der Waals surface area contributed by atoms with Gasteiger partial charge in [0.1, 0.15) is 5.37 Å². The number of nitrogens with one attached hydrogen (secondary N) is 1. The third-order valence-electron chi connectivity index (χ3n) is 8.10. The molecular weight excluding hydrogens is 470 g/mol. The van der Waals surface area contributed by atoms with E-state index in [1.54, 1.807) is 4.90 Å². The summed E-state index contributed by atoms with van der Waals surface area (Å²) >= 11 is 0. The summed E-state index contributed by atoms with van der Waals surface area (Å²) in [6, 6.07) is 17.7. The number of nitrogens with zero attached hydrogens (tertiary/aromatic N) is 2. The van der Waals surface area contributed by atoms with E-state index in [4.69, 9.17) is 0 Å². The first-order valence-electron chi connectivity index (χ1n) is 13.4. The molecule has 1 N–H and O–H groups in total. The summed E-state index contributed by atoms with van der Waals surface area (Å²) in [4.78, 5) is 18.2. The molecule has 3 aromatic rings. The van der Waals surface area contributed by atoms with E-state index < -0.39 is 21.1 Å². The summed E-state index contributed by atoms with van der Waals surface area (Å²) in [5.41, 5.74) is 0. The van der Waals surface area contributed by atoms with Crippen LogP contribution in [0.15, 0.2) is 59.5 Å². The summed E-state index contributed by atoms with van der Waals surface area (Å²) in [6.45, 7) is 7.57. The van der Waals surface area contributed by atoms with Crippen LogP contribution >= 0.6 is 0 Å². The van der Waals surface area contributed by atoms with Crippen LogP contribution in [-0.4, -0.2) is 68.3 Å². The zero-order valence-electron chi connectivity index (χ0n) is 21.3. The molecule has 6 nitrogen and oxygen atoms in total. The van der Waals surface area contributed by atoms with Crippen molar-refractivity contribution in [3.8, 4) is 0 Å². The van der Waals surface area contributed by atoms with E-state index in [0.717, 1.165) is 53.9 Å². The normalized spacial score (nSPS) is 22.2. The van der Waals surface area contributed by atoms with Gasteiger partial charge in [0, 0.05) is 29.9 Å². The fourth-order valence-electron chi connectivity index (χ4n) is 6.33. The standard InChI is InChI=1S/C29H37N3O3S/c1-3-31(4-2)28(33)26-14-9-19-32(23-15-17-30-18-16-23)29(26)36(34,35)27-24-12-7-5-10-21(24)20-22-11-6-8-13-25(22)27/h5-8,10-13,20,23,26,29-30H,3-4,9,14-19H2,1-2H3. The predicted octanol–water partition coefficient (Wildman–Crippen LogP) is 4.43. The molecule has 2 saturated heterocycles. The van der Waals surface area contributed by atoms with Gasteiger partial charge in [0.15, 0.2) is 9.84 Å². The van der Waals surface area contributed by atoms with Crippen molar-refractivity contribution in [2.75, 3.05) is 32.7 Å². The number of rotatable bonds is 6. The number of benzene rings is 3. The molecule has 0 aliphatic carbocycles. The number of fused-ring (bicyclic) bond motifs is 2. The summed E-state index contributed by atoms with van der Waals surface area (Å²) in [7, 11) is -3.90. The second kappa shape index (κ2) is 10.5. The van der Waals surface area contributed by atoms with Gasteiger partial charge in [0.25, 0.3) is 0 Å². The molecule has 2 heterocycles. The van der Waals surface area contributed by atoms with Gasteiger partial charge in [-0.3, -0.25) is 9.69 Å². The number of sulfone groups is 1. The van der Waals surface area contributed by atoms with Crippen LogP contribution in [0.1, 0.15) is 39.5 Å². The Hall–Kier alpha value is -2.48. The second-order valence-electron chi connectivity index (χ2n) is 10.1. The van der Waals surface area contributed by atoms with E-state index in [2.05, 4.69) is 16.3 Å². The van der Waals surface area contributed by atoms with Crippen molar-refractivity contribution in [2.24, 2.45) is 5.92 Å². The molecule has 2 aliphatic rings. The van der Waals surface area contributed by atoms with Gasteiger partial charge in [-0.15, -0.1) is 0 Å². The van der Waals surface area contributed by atoms with E-state index in [-0.39, 0.29) is 11.9 Å². The fourth-order valence-corrected chi connectivity index (χ4v) is 8.88. The van der Waals surface area contributed by atoms with Gasteiger partial charge in [-0.1, -0.05) is 48.5 Å². The minimum absolute atomic E-state index is 0.0308. The third kappa shape index (κ3) is 4.42. The van der Waals surface area contributed by atoms with Crippen molar-refractivity contribution in [1.29, 1.82) is 0 Å². The van der Waals surface area contributed by atoms with E-state index in [1.807, 2.05) is 62.4 Å². The quantitative estimate of drug-likeness (QED) is 0.500. The molecule has 5 rings (SSSR count). The van der Waals surface area contributed by atoms with Gasteiger partial charge in [0.05, 0.1) is 10.8 Å².